The van der Waals surface area contributed by atoms with E-state index in [2.05, 4.69) is 32.5 Å². The molecule has 2 aliphatic carbocycles. The Bertz CT molecular complexity index is 1640. The zero-order valence-electron chi connectivity index (χ0n) is 34.1. The molecule has 1 saturated heterocycles. The van der Waals surface area contributed by atoms with Crippen molar-refractivity contribution in [3.63, 3.8) is 0 Å². The van der Waals surface area contributed by atoms with Gasteiger partial charge in [0.2, 0.25) is 17.7 Å². The Morgan fingerprint density at radius 3 is 2.34 bits per heavy atom. The van der Waals surface area contributed by atoms with Gasteiger partial charge in [-0.1, -0.05) is 69.7 Å². The molecule has 2 saturated carbocycles. The van der Waals surface area contributed by atoms with Gasteiger partial charge >= 0.3 is 12.1 Å². The lowest BCUT2D eigenvalue weighted by Gasteiger charge is -2.32. The number of benzene rings is 1. The SMILES string of the molecule is C#CCCCCC[C@H](NC(=O)[C@H]1C[C@H](OC(=O)N2CCc3ccccc3C2)CN1C(=O)NC(CCC)C(O)C(=O)NC1CC1)C(=O)N[C@H](C(=O)NC)C1CCCCC1. The number of terminal acetylenes is 1. The second kappa shape index (κ2) is 21.8. The number of urea groups is 1. The van der Waals surface area contributed by atoms with Gasteiger partial charge in [0.05, 0.1) is 12.6 Å². The molecule has 15 heteroatoms. The molecule has 3 fully saturated rings. The first-order chi connectivity index (χ1) is 28.0. The number of amides is 7. The van der Waals surface area contributed by atoms with Crippen molar-refractivity contribution in [2.45, 2.75) is 159 Å². The van der Waals surface area contributed by atoms with Gasteiger partial charge < -0.3 is 46.2 Å². The van der Waals surface area contributed by atoms with Crippen molar-refractivity contribution in [3.05, 3.63) is 35.4 Å². The molecule has 15 nitrogen and oxygen atoms in total. The number of aliphatic hydroxyl groups excluding tert-OH is 1. The van der Waals surface area contributed by atoms with Crippen LogP contribution in [0.3, 0.4) is 0 Å². The number of aliphatic hydroxyl groups is 1. The van der Waals surface area contributed by atoms with Crippen LogP contribution in [0.5, 0.6) is 0 Å². The minimum atomic E-state index is -1.52. The fourth-order valence-electron chi connectivity index (χ4n) is 8.35. The van der Waals surface area contributed by atoms with Crippen LogP contribution >= 0.6 is 0 Å². The minimum absolute atomic E-state index is 0.00684. The number of fused-ring (bicyclic) bond motifs is 1. The van der Waals surface area contributed by atoms with E-state index in [1.54, 1.807) is 4.90 Å². The third kappa shape index (κ3) is 12.3. The minimum Gasteiger partial charge on any atom is -0.444 e. The van der Waals surface area contributed by atoms with E-state index in [9.17, 15) is 33.9 Å². The summed E-state index contributed by atoms with van der Waals surface area (Å²) < 4.78 is 5.96. The van der Waals surface area contributed by atoms with E-state index in [0.29, 0.717) is 45.2 Å². The van der Waals surface area contributed by atoms with E-state index < -0.39 is 66.2 Å². The Morgan fingerprint density at radius 2 is 1.66 bits per heavy atom. The van der Waals surface area contributed by atoms with Crippen LogP contribution < -0.4 is 26.6 Å². The standard InChI is InChI=1S/C43H63N7O8/c1-4-6-7-8-12-20-34(38(52)48-36(40(54)44-3)29-17-10-9-11-18-29)46-39(53)35-25-32(58-43(57)49-24-23-28-16-13-14-19-30(28)26-49)27-50(35)42(56)47-33(15-5-2)37(51)41(55)45-31-21-22-31/h1,13-14,16,19,29,31-37,51H,5-12,15,17-18,20-27H2,2-3H3,(H,44,54)(H,45,55)(H,46,53)(H,47,56)(H,48,52)/t32-,33?,34-,35+,36-,37?/m0/s1. The van der Waals surface area contributed by atoms with Gasteiger partial charge in [0.25, 0.3) is 5.91 Å². The van der Waals surface area contributed by atoms with Crippen LogP contribution in [-0.2, 0) is 36.9 Å². The first kappa shape index (κ1) is 44.3. The molecule has 1 aromatic carbocycles. The Hall–Kier alpha value is -4.84. The van der Waals surface area contributed by atoms with Crippen LogP contribution in [0.4, 0.5) is 9.59 Å². The predicted molar refractivity (Wildman–Crippen MR) is 217 cm³/mol. The van der Waals surface area contributed by atoms with E-state index in [1.807, 2.05) is 31.2 Å². The van der Waals surface area contributed by atoms with Crippen molar-refractivity contribution in [2.75, 3.05) is 20.1 Å². The third-order valence-electron chi connectivity index (χ3n) is 11.9. The number of hydrogen-bond donors (Lipinski definition) is 6. The summed E-state index contributed by atoms with van der Waals surface area (Å²) in [5.74, 6) is 0.576. The monoisotopic (exact) mass is 805 g/mol. The van der Waals surface area contributed by atoms with Crippen LogP contribution in [0.25, 0.3) is 0 Å². The van der Waals surface area contributed by atoms with Gasteiger partial charge in [-0.2, -0.15) is 0 Å². The molecule has 58 heavy (non-hydrogen) atoms. The van der Waals surface area contributed by atoms with Crippen LogP contribution in [0.2, 0.25) is 0 Å². The summed E-state index contributed by atoms with van der Waals surface area (Å²) in [6.45, 7) is 2.55. The number of ether oxygens (including phenoxy) is 1. The molecule has 1 aromatic rings. The van der Waals surface area contributed by atoms with Crippen molar-refractivity contribution in [2.24, 2.45) is 5.92 Å². The zero-order valence-corrected chi connectivity index (χ0v) is 34.1. The molecule has 318 valence electrons. The maximum absolute atomic E-state index is 14.4. The number of likely N-dealkylation sites (tertiary alicyclic amines) is 1. The molecule has 2 aliphatic heterocycles. The summed E-state index contributed by atoms with van der Waals surface area (Å²) in [4.78, 5) is 84.8. The number of unbranched alkanes of at least 4 members (excludes halogenated alkanes) is 3. The zero-order chi connectivity index (χ0) is 41.6. The van der Waals surface area contributed by atoms with Gasteiger partial charge in [-0.25, -0.2) is 9.59 Å². The molecular weight excluding hydrogens is 743 g/mol. The number of nitrogens with one attached hydrogen (secondary N) is 5. The second-order valence-electron chi connectivity index (χ2n) is 16.3. The quantitative estimate of drug-likeness (QED) is 0.0962. The van der Waals surface area contributed by atoms with Gasteiger partial charge in [0.1, 0.15) is 24.2 Å². The van der Waals surface area contributed by atoms with Gasteiger partial charge in [-0.3, -0.25) is 19.2 Å². The average Bonchev–Trinajstić information content (AvgIpc) is 3.96. The topological polar surface area (TPSA) is 199 Å². The van der Waals surface area contributed by atoms with Crippen molar-refractivity contribution in [1.29, 1.82) is 0 Å². The van der Waals surface area contributed by atoms with E-state index >= 15 is 0 Å². The third-order valence-corrected chi connectivity index (χ3v) is 11.9. The Kier molecular flexibility index (Phi) is 16.6. The molecule has 7 amide bonds. The summed E-state index contributed by atoms with van der Waals surface area (Å²) >= 11 is 0. The number of carbonyl (C=O) groups is 6. The van der Waals surface area contributed by atoms with E-state index in [-0.39, 0.29) is 37.3 Å². The van der Waals surface area contributed by atoms with Crippen LogP contribution in [0.1, 0.15) is 114 Å². The highest BCUT2D eigenvalue weighted by atomic mass is 16.6. The Balaban J connectivity index is 1.34. The second-order valence-corrected chi connectivity index (χ2v) is 16.3. The highest BCUT2D eigenvalue weighted by Gasteiger charge is 2.44. The van der Waals surface area contributed by atoms with Gasteiger partial charge in [-0.05, 0) is 68.4 Å². The van der Waals surface area contributed by atoms with Crippen molar-refractivity contribution >= 4 is 35.8 Å². The number of rotatable bonds is 18. The number of nitrogens with zero attached hydrogens (tertiary/aromatic N) is 2. The maximum atomic E-state index is 14.4. The summed E-state index contributed by atoms with van der Waals surface area (Å²) in [5, 5.41) is 25.1. The van der Waals surface area contributed by atoms with E-state index in [0.717, 1.165) is 68.9 Å². The van der Waals surface area contributed by atoms with Gasteiger partial charge in [-0.15, -0.1) is 12.3 Å². The summed E-state index contributed by atoms with van der Waals surface area (Å²) in [6.07, 6.45) is 13.1. The van der Waals surface area contributed by atoms with Gasteiger partial charge in [0, 0.05) is 39.0 Å². The molecule has 4 aliphatic rings. The highest BCUT2D eigenvalue weighted by molar-refractivity contribution is 5.94. The average molecular weight is 806 g/mol. The first-order valence-corrected chi connectivity index (χ1v) is 21.4. The maximum Gasteiger partial charge on any atom is 0.410 e. The molecule has 6 atom stereocenters. The van der Waals surface area contributed by atoms with Gasteiger partial charge in [0.15, 0.2) is 6.10 Å². The summed E-state index contributed by atoms with van der Waals surface area (Å²) in [7, 11) is 1.53. The molecule has 5 rings (SSSR count). The lowest BCUT2D eigenvalue weighted by atomic mass is 9.83. The van der Waals surface area contributed by atoms with Crippen LogP contribution in [0, 0.1) is 18.3 Å². The fraction of sp³-hybridized carbons (Fsp3) is 0.674. The molecule has 0 bridgehead atoms. The molecule has 0 aromatic heterocycles. The molecule has 2 unspecified atom stereocenters. The van der Waals surface area contributed by atoms with Crippen molar-refractivity contribution < 1.29 is 38.6 Å². The Labute approximate surface area is 342 Å². The molecular formula is C43H63N7O8. The number of likely N-dealkylation sites (N-methyl/N-ethyl adjacent to an activating group) is 1. The highest BCUT2D eigenvalue weighted by Crippen LogP contribution is 2.28. The summed E-state index contributed by atoms with van der Waals surface area (Å²) in [5.41, 5.74) is 2.18. The lowest BCUT2D eigenvalue weighted by Crippen LogP contribution is -2.59. The predicted octanol–water partition coefficient (Wildman–Crippen LogP) is 3.02. The van der Waals surface area contributed by atoms with Crippen molar-refractivity contribution in [3.8, 4) is 12.3 Å². The lowest BCUT2D eigenvalue weighted by molar-refractivity contribution is -0.134. The largest absolute Gasteiger partial charge is 0.444 e. The van der Waals surface area contributed by atoms with Crippen molar-refractivity contribution in [1.82, 2.24) is 36.4 Å². The molecule has 0 radical (unpaired) electrons. The normalized spacial score (nSPS) is 21.3. The molecule has 6 N–H and O–H groups in total. The summed E-state index contributed by atoms with van der Waals surface area (Å²) in [6, 6.07) is 3.27. The van der Waals surface area contributed by atoms with Crippen LogP contribution in [-0.4, -0.2) is 113 Å². The van der Waals surface area contributed by atoms with E-state index in [1.165, 1.54) is 11.9 Å². The number of carbonyl (C=O) groups excluding carboxylic acids is 6. The smallest absolute Gasteiger partial charge is 0.410 e. The van der Waals surface area contributed by atoms with E-state index in [4.69, 9.17) is 11.2 Å². The van der Waals surface area contributed by atoms with Crippen LogP contribution in [0.15, 0.2) is 24.3 Å². The molecule has 0 spiro atoms. The Morgan fingerprint density at radius 1 is 0.914 bits per heavy atom. The number of hydrogen-bond acceptors (Lipinski definition) is 8. The molecule has 2 heterocycles. The fourth-order valence-corrected chi connectivity index (χ4v) is 8.35. The first-order valence-electron chi connectivity index (χ1n) is 21.4.